The molecule has 2 saturated heterocycles. The Bertz CT molecular complexity index is 863. The maximum atomic E-state index is 5.44. The molecule has 182 valence electrons. The molecule has 2 aromatic rings. The third-order valence-corrected chi connectivity index (χ3v) is 6.01. The SMILES string of the molecule is Cc1nnc(CN=C(NCCCN2CCOCC2)N2CCN(c3ncccn3)CC2)n1C.I. The highest BCUT2D eigenvalue weighted by atomic mass is 127. The quantitative estimate of drug-likeness (QED) is 0.221. The number of hydrogen-bond donors (Lipinski definition) is 1. The van der Waals surface area contributed by atoms with Gasteiger partial charge in [-0.25, -0.2) is 15.0 Å². The molecule has 2 aliphatic rings. The van der Waals surface area contributed by atoms with E-state index in [1.807, 2.05) is 24.6 Å². The largest absolute Gasteiger partial charge is 0.379 e. The molecule has 0 atom stereocenters. The van der Waals surface area contributed by atoms with Crippen molar-refractivity contribution in [2.24, 2.45) is 12.0 Å². The molecular formula is C21H35IN10O. The van der Waals surface area contributed by atoms with Gasteiger partial charge in [0.15, 0.2) is 11.8 Å². The molecule has 1 N–H and O–H groups in total. The lowest BCUT2D eigenvalue weighted by Gasteiger charge is -2.36. The second-order valence-electron chi connectivity index (χ2n) is 8.12. The minimum atomic E-state index is 0. The van der Waals surface area contributed by atoms with Gasteiger partial charge in [-0.2, -0.15) is 0 Å². The fourth-order valence-corrected chi connectivity index (χ4v) is 3.90. The van der Waals surface area contributed by atoms with Crippen LogP contribution in [0.15, 0.2) is 23.5 Å². The summed E-state index contributed by atoms with van der Waals surface area (Å²) in [6, 6.07) is 1.85. The van der Waals surface area contributed by atoms with E-state index in [1.54, 1.807) is 12.4 Å². The number of hydrogen-bond acceptors (Lipinski definition) is 8. The topological polar surface area (TPSA) is 99.8 Å². The van der Waals surface area contributed by atoms with Crippen LogP contribution in [0.2, 0.25) is 0 Å². The normalized spacial score (nSPS) is 17.7. The maximum absolute atomic E-state index is 5.44. The van der Waals surface area contributed by atoms with E-state index < -0.39 is 0 Å². The summed E-state index contributed by atoms with van der Waals surface area (Å²) in [6.07, 6.45) is 4.65. The van der Waals surface area contributed by atoms with Gasteiger partial charge in [0.1, 0.15) is 12.4 Å². The summed E-state index contributed by atoms with van der Waals surface area (Å²) >= 11 is 0. The van der Waals surface area contributed by atoms with E-state index in [9.17, 15) is 0 Å². The van der Waals surface area contributed by atoms with Gasteiger partial charge in [0.25, 0.3) is 0 Å². The molecule has 2 aromatic heterocycles. The second kappa shape index (κ2) is 13.0. The van der Waals surface area contributed by atoms with Crippen molar-refractivity contribution in [1.29, 1.82) is 0 Å². The molecule has 0 radical (unpaired) electrons. The van der Waals surface area contributed by atoms with Crippen LogP contribution in [0.1, 0.15) is 18.1 Å². The first-order chi connectivity index (χ1) is 15.7. The van der Waals surface area contributed by atoms with E-state index in [2.05, 4.69) is 40.2 Å². The van der Waals surface area contributed by atoms with E-state index in [1.165, 1.54) is 0 Å². The molecule has 11 nitrogen and oxygen atoms in total. The molecule has 0 bridgehead atoms. The minimum absolute atomic E-state index is 0. The zero-order valence-electron chi connectivity index (χ0n) is 19.6. The summed E-state index contributed by atoms with van der Waals surface area (Å²) in [5, 5.41) is 12.0. The van der Waals surface area contributed by atoms with Gasteiger partial charge >= 0.3 is 0 Å². The van der Waals surface area contributed by atoms with Gasteiger partial charge in [0.05, 0.1) is 13.2 Å². The average molecular weight is 570 g/mol. The van der Waals surface area contributed by atoms with Crippen LogP contribution in [-0.4, -0.2) is 106 Å². The van der Waals surface area contributed by atoms with Crippen LogP contribution in [0.4, 0.5) is 5.95 Å². The fourth-order valence-electron chi connectivity index (χ4n) is 3.90. The summed E-state index contributed by atoms with van der Waals surface area (Å²) < 4.78 is 7.43. The zero-order valence-corrected chi connectivity index (χ0v) is 21.9. The van der Waals surface area contributed by atoms with Gasteiger partial charge in [-0.05, 0) is 26.0 Å². The van der Waals surface area contributed by atoms with Crippen molar-refractivity contribution < 1.29 is 4.74 Å². The van der Waals surface area contributed by atoms with Crippen molar-refractivity contribution in [3.8, 4) is 0 Å². The Morgan fingerprint density at radius 1 is 1.06 bits per heavy atom. The third kappa shape index (κ3) is 7.21. The van der Waals surface area contributed by atoms with Crippen LogP contribution in [0, 0.1) is 6.92 Å². The number of guanidine groups is 1. The zero-order chi connectivity index (χ0) is 22.2. The molecule has 0 unspecified atom stereocenters. The highest BCUT2D eigenvalue weighted by Crippen LogP contribution is 2.10. The number of anilines is 1. The molecule has 12 heteroatoms. The van der Waals surface area contributed by atoms with E-state index in [4.69, 9.17) is 9.73 Å². The predicted octanol–water partition coefficient (Wildman–Crippen LogP) is 0.522. The first kappa shape index (κ1) is 25.6. The lowest BCUT2D eigenvalue weighted by molar-refractivity contribution is 0.0375. The molecule has 33 heavy (non-hydrogen) atoms. The Morgan fingerprint density at radius 3 is 2.45 bits per heavy atom. The molecule has 4 heterocycles. The summed E-state index contributed by atoms with van der Waals surface area (Å²) in [5.41, 5.74) is 0. The summed E-state index contributed by atoms with van der Waals surface area (Å²) in [6.45, 7) is 11.6. The maximum Gasteiger partial charge on any atom is 0.225 e. The van der Waals surface area contributed by atoms with Gasteiger partial charge in [0.2, 0.25) is 5.95 Å². The number of nitrogens with one attached hydrogen (secondary N) is 1. The van der Waals surface area contributed by atoms with Crippen LogP contribution < -0.4 is 10.2 Å². The molecule has 0 saturated carbocycles. The number of aryl methyl sites for hydroxylation is 1. The summed E-state index contributed by atoms with van der Waals surface area (Å²) in [7, 11) is 1.98. The van der Waals surface area contributed by atoms with Crippen molar-refractivity contribution in [3.05, 3.63) is 30.1 Å². The molecule has 2 fully saturated rings. The van der Waals surface area contributed by atoms with E-state index in [-0.39, 0.29) is 24.0 Å². The van der Waals surface area contributed by atoms with Crippen molar-refractivity contribution in [1.82, 2.24) is 39.8 Å². The van der Waals surface area contributed by atoms with Crippen molar-refractivity contribution in [2.45, 2.75) is 19.9 Å². The number of ether oxygens (including phenoxy) is 1. The molecular weight excluding hydrogens is 535 g/mol. The van der Waals surface area contributed by atoms with Gasteiger partial charge in [0, 0.05) is 65.3 Å². The lowest BCUT2D eigenvalue weighted by atomic mass is 10.3. The summed E-state index contributed by atoms with van der Waals surface area (Å²) in [5.74, 6) is 3.48. The van der Waals surface area contributed by atoms with Crippen LogP contribution in [0.3, 0.4) is 0 Å². The van der Waals surface area contributed by atoms with Crippen LogP contribution in [-0.2, 0) is 18.3 Å². The van der Waals surface area contributed by atoms with E-state index in [0.29, 0.717) is 6.54 Å². The molecule has 0 spiro atoms. The molecule has 0 aliphatic carbocycles. The standard InChI is InChI=1S/C21H34N10O.HI/c1-18-26-27-19(28(18)2)17-25-21(24-7-4-8-29-13-15-32-16-14-29)31-11-9-30(10-12-31)20-22-5-3-6-23-20;/h3,5-6H,4,7-17H2,1-2H3,(H,24,25);1H. The smallest absolute Gasteiger partial charge is 0.225 e. The van der Waals surface area contributed by atoms with Gasteiger partial charge < -0.3 is 24.4 Å². The van der Waals surface area contributed by atoms with Crippen LogP contribution in [0.5, 0.6) is 0 Å². The van der Waals surface area contributed by atoms with E-state index in [0.717, 1.165) is 95.5 Å². The second-order valence-corrected chi connectivity index (χ2v) is 8.12. The monoisotopic (exact) mass is 570 g/mol. The molecule has 2 aliphatic heterocycles. The Labute approximate surface area is 212 Å². The van der Waals surface area contributed by atoms with Gasteiger partial charge in [-0.1, -0.05) is 0 Å². The first-order valence-electron chi connectivity index (χ1n) is 11.4. The van der Waals surface area contributed by atoms with Crippen molar-refractivity contribution >= 4 is 35.9 Å². The van der Waals surface area contributed by atoms with Gasteiger partial charge in [-0.15, -0.1) is 34.2 Å². The van der Waals surface area contributed by atoms with Crippen LogP contribution >= 0.6 is 24.0 Å². The fraction of sp³-hybridized carbons (Fsp3) is 0.667. The Kier molecular flexibility index (Phi) is 10.1. The third-order valence-electron chi connectivity index (χ3n) is 6.01. The van der Waals surface area contributed by atoms with Crippen LogP contribution in [0.25, 0.3) is 0 Å². The Morgan fingerprint density at radius 2 is 1.79 bits per heavy atom. The Hall–Kier alpha value is -2.06. The van der Waals surface area contributed by atoms with Crippen molar-refractivity contribution in [2.75, 3.05) is 70.5 Å². The molecule has 0 amide bonds. The highest BCUT2D eigenvalue weighted by molar-refractivity contribution is 14.0. The number of aliphatic imine (C=N–C) groups is 1. The van der Waals surface area contributed by atoms with E-state index >= 15 is 0 Å². The first-order valence-corrected chi connectivity index (χ1v) is 11.4. The number of nitrogens with zero attached hydrogens (tertiary/aromatic N) is 9. The summed E-state index contributed by atoms with van der Waals surface area (Å²) in [4.78, 5) is 20.7. The lowest BCUT2D eigenvalue weighted by Crippen LogP contribution is -2.53. The van der Waals surface area contributed by atoms with Gasteiger partial charge in [-0.3, -0.25) is 4.90 Å². The Balaban J connectivity index is 0.00000306. The number of piperazine rings is 1. The number of aromatic nitrogens is 5. The number of morpholine rings is 1. The molecule has 4 rings (SSSR count). The number of halogens is 1. The minimum Gasteiger partial charge on any atom is -0.379 e. The average Bonchev–Trinajstić information content (AvgIpc) is 3.17. The molecule has 0 aromatic carbocycles. The number of rotatable bonds is 7. The highest BCUT2D eigenvalue weighted by Gasteiger charge is 2.21. The predicted molar refractivity (Wildman–Crippen MR) is 138 cm³/mol. The van der Waals surface area contributed by atoms with Crippen molar-refractivity contribution in [3.63, 3.8) is 0 Å².